The Balaban J connectivity index is 1.40. The van der Waals surface area contributed by atoms with E-state index < -0.39 is 58.6 Å². The SMILES string of the molecule is CC(C)(C)[C@H](NC(=O)N[C@@H](C(=O)N1C[C@]2(CC1C(=O)NC(CC1CCC1)C(=O)C(N)=O)C(C)(C)C21CCC1)C(C)(C)C)C(=O)N1CCNCC1. The van der Waals surface area contributed by atoms with E-state index >= 15 is 0 Å². The van der Waals surface area contributed by atoms with Gasteiger partial charge in [0.15, 0.2) is 0 Å². The molecular formula is C37H61N7O6. The van der Waals surface area contributed by atoms with E-state index in [0.717, 1.165) is 38.5 Å². The fourth-order valence-electron chi connectivity index (χ4n) is 9.63. The zero-order valence-corrected chi connectivity index (χ0v) is 31.5. The molecule has 0 radical (unpaired) electrons. The second-order valence-electron chi connectivity index (χ2n) is 18.4. The van der Waals surface area contributed by atoms with Gasteiger partial charge in [0.25, 0.3) is 5.91 Å². The molecule has 0 aromatic heterocycles. The molecule has 0 aromatic rings. The molecule has 6 N–H and O–H groups in total. The Morgan fingerprint density at radius 3 is 1.82 bits per heavy atom. The molecule has 50 heavy (non-hydrogen) atoms. The molecule has 2 saturated heterocycles. The third kappa shape index (κ3) is 6.63. The molecule has 13 nitrogen and oxygen atoms in total. The van der Waals surface area contributed by atoms with Crippen molar-refractivity contribution in [3.63, 3.8) is 0 Å². The molecule has 2 spiro atoms. The van der Waals surface area contributed by atoms with Crippen molar-refractivity contribution in [2.75, 3.05) is 32.7 Å². The van der Waals surface area contributed by atoms with Crippen LogP contribution in [0.15, 0.2) is 0 Å². The quantitative estimate of drug-likeness (QED) is 0.216. The van der Waals surface area contributed by atoms with Gasteiger partial charge in [0.2, 0.25) is 23.5 Å². The summed E-state index contributed by atoms with van der Waals surface area (Å²) in [4.78, 5) is 84.7. The Bertz CT molecular complexity index is 1380. The van der Waals surface area contributed by atoms with E-state index in [0.29, 0.717) is 45.6 Å². The van der Waals surface area contributed by atoms with Crippen molar-refractivity contribution in [2.24, 2.45) is 38.7 Å². The predicted molar refractivity (Wildman–Crippen MR) is 188 cm³/mol. The third-order valence-electron chi connectivity index (χ3n) is 13.3. The number of nitrogens with two attached hydrogens (primary N) is 1. The van der Waals surface area contributed by atoms with Crippen LogP contribution in [0.3, 0.4) is 0 Å². The van der Waals surface area contributed by atoms with E-state index in [4.69, 9.17) is 5.73 Å². The minimum Gasteiger partial charge on any atom is -0.363 e. The number of primary amides is 1. The Kier molecular flexibility index (Phi) is 10.2. The first-order valence-corrected chi connectivity index (χ1v) is 18.7. The van der Waals surface area contributed by atoms with E-state index in [-0.39, 0.29) is 34.0 Å². The van der Waals surface area contributed by atoms with Crippen molar-refractivity contribution in [1.29, 1.82) is 0 Å². The number of likely N-dealkylation sites (tertiary alicyclic amines) is 1. The molecule has 280 valence electrons. The number of carbonyl (C=O) groups excluding carboxylic acids is 6. The Morgan fingerprint density at radius 2 is 1.38 bits per heavy atom. The van der Waals surface area contributed by atoms with Gasteiger partial charge in [-0.1, -0.05) is 81.1 Å². The summed E-state index contributed by atoms with van der Waals surface area (Å²) in [5.74, 6) is -2.73. The van der Waals surface area contributed by atoms with Gasteiger partial charge in [0, 0.05) is 38.1 Å². The van der Waals surface area contributed by atoms with E-state index in [2.05, 4.69) is 35.1 Å². The zero-order valence-electron chi connectivity index (χ0n) is 31.5. The van der Waals surface area contributed by atoms with Crippen LogP contribution in [0.1, 0.15) is 107 Å². The van der Waals surface area contributed by atoms with Gasteiger partial charge in [-0.15, -0.1) is 0 Å². The topological polar surface area (TPSA) is 183 Å². The average molecular weight is 700 g/mol. The summed E-state index contributed by atoms with van der Waals surface area (Å²) < 4.78 is 0. The molecule has 3 saturated carbocycles. The van der Waals surface area contributed by atoms with Crippen molar-refractivity contribution in [3.8, 4) is 0 Å². The van der Waals surface area contributed by atoms with Gasteiger partial charge in [-0.05, 0) is 53.3 Å². The van der Waals surface area contributed by atoms with Crippen LogP contribution >= 0.6 is 0 Å². The monoisotopic (exact) mass is 699 g/mol. The lowest BCUT2D eigenvalue weighted by Crippen LogP contribution is -2.63. The van der Waals surface area contributed by atoms with E-state index in [1.807, 2.05) is 41.5 Å². The van der Waals surface area contributed by atoms with Crippen molar-refractivity contribution in [3.05, 3.63) is 0 Å². The second-order valence-corrected chi connectivity index (χ2v) is 18.4. The minimum absolute atomic E-state index is 0.0221. The number of amides is 6. The van der Waals surface area contributed by atoms with Crippen molar-refractivity contribution >= 4 is 35.4 Å². The number of nitrogens with zero attached hydrogens (tertiary/aromatic N) is 2. The summed E-state index contributed by atoms with van der Waals surface area (Å²) in [5, 5.41) is 11.9. The number of hydrogen-bond donors (Lipinski definition) is 5. The van der Waals surface area contributed by atoms with Crippen LogP contribution in [0.25, 0.3) is 0 Å². The summed E-state index contributed by atoms with van der Waals surface area (Å²) in [6.07, 6.45) is 6.80. The summed E-state index contributed by atoms with van der Waals surface area (Å²) >= 11 is 0. The van der Waals surface area contributed by atoms with E-state index in [9.17, 15) is 28.8 Å². The van der Waals surface area contributed by atoms with Crippen LogP contribution < -0.4 is 27.0 Å². The molecule has 0 aromatic carbocycles. The molecule has 2 aliphatic heterocycles. The highest BCUT2D eigenvalue weighted by Gasteiger charge is 2.85. The summed E-state index contributed by atoms with van der Waals surface area (Å²) in [6.45, 7) is 18.5. The lowest BCUT2D eigenvalue weighted by Gasteiger charge is -2.38. The van der Waals surface area contributed by atoms with Gasteiger partial charge in [-0.3, -0.25) is 24.0 Å². The number of Topliss-reactive ketones (excluding diaryl/α,β-unsaturated/α-hetero) is 1. The highest BCUT2D eigenvalue weighted by molar-refractivity contribution is 6.37. The van der Waals surface area contributed by atoms with Gasteiger partial charge in [-0.2, -0.15) is 0 Å². The molecular weight excluding hydrogens is 638 g/mol. The molecule has 0 bridgehead atoms. The number of fused-ring (bicyclic) bond motifs is 1. The van der Waals surface area contributed by atoms with Crippen LogP contribution in [-0.2, 0) is 24.0 Å². The number of piperazine rings is 1. The van der Waals surface area contributed by atoms with E-state index in [1.54, 1.807) is 9.80 Å². The minimum atomic E-state index is -1.09. The van der Waals surface area contributed by atoms with Crippen LogP contribution in [-0.4, -0.2) is 102 Å². The summed E-state index contributed by atoms with van der Waals surface area (Å²) in [6, 6.07) is -4.43. The van der Waals surface area contributed by atoms with Gasteiger partial charge in [0.1, 0.15) is 18.1 Å². The first-order chi connectivity index (χ1) is 23.2. The van der Waals surface area contributed by atoms with Crippen LogP contribution in [0, 0.1) is 33.0 Å². The molecule has 13 heteroatoms. The Labute approximate surface area is 297 Å². The predicted octanol–water partition coefficient (Wildman–Crippen LogP) is 2.07. The summed E-state index contributed by atoms with van der Waals surface area (Å²) in [7, 11) is 0. The first kappa shape index (κ1) is 38.0. The lowest BCUT2D eigenvalue weighted by molar-refractivity contribution is -0.143. The van der Waals surface area contributed by atoms with Gasteiger partial charge < -0.3 is 36.8 Å². The zero-order chi connectivity index (χ0) is 37.0. The largest absolute Gasteiger partial charge is 0.363 e. The van der Waals surface area contributed by atoms with Gasteiger partial charge in [-0.25, -0.2) is 4.79 Å². The lowest BCUT2D eigenvalue weighted by atomic mass is 9.73. The van der Waals surface area contributed by atoms with E-state index in [1.165, 1.54) is 0 Å². The normalized spacial score (nSPS) is 27.4. The number of nitrogens with one attached hydrogen (secondary N) is 4. The Hall–Kier alpha value is -3.22. The van der Waals surface area contributed by atoms with Crippen molar-refractivity contribution in [2.45, 2.75) is 131 Å². The molecule has 2 unspecified atom stereocenters. The molecule has 5 rings (SSSR count). The standard InChI is InChI=1S/C37H61N7O6/c1-33(2,3)26(30(48)43-17-15-39-16-18-43)41-32(50)42-27(34(4,5)6)31(49)44-21-37(35(7,8)36(37)13-10-14-36)20-24(44)29(47)40-23(25(45)28(38)46)19-22-11-9-12-22/h22-24,26-27,39H,9-21H2,1-8H3,(H2,38,46)(H,40,47)(H2,41,42,50)/t23?,24?,26-,27+,37-/m1/s1. The molecule has 5 aliphatic rings. The summed E-state index contributed by atoms with van der Waals surface area (Å²) in [5.41, 5.74) is 3.68. The molecule has 2 heterocycles. The number of hydrogen-bond acceptors (Lipinski definition) is 7. The van der Waals surface area contributed by atoms with Crippen LogP contribution in [0.4, 0.5) is 4.79 Å². The fraction of sp³-hybridized carbons (Fsp3) is 0.838. The highest BCUT2D eigenvalue weighted by Crippen LogP contribution is 2.88. The molecule has 6 amide bonds. The number of rotatable bonds is 10. The maximum atomic E-state index is 14.8. The van der Waals surface area contributed by atoms with Crippen molar-refractivity contribution in [1.82, 2.24) is 31.1 Å². The van der Waals surface area contributed by atoms with Crippen LogP contribution in [0.5, 0.6) is 0 Å². The third-order valence-corrected chi connectivity index (χ3v) is 13.3. The molecule has 5 fully saturated rings. The first-order valence-electron chi connectivity index (χ1n) is 18.7. The second kappa shape index (κ2) is 13.4. The number of ketones is 1. The molecule has 5 atom stereocenters. The highest BCUT2D eigenvalue weighted by atomic mass is 16.2. The fourth-order valence-corrected chi connectivity index (χ4v) is 9.63. The average Bonchev–Trinajstić information content (AvgIpc) is 3.21. The molecule has 3 aliphatic carbocycles. The van der Waals surface area contributed by atoms with Crippen LogP contribution in [0.2, 0.25) is 0 Å². The maximum Gasteiger partial charge on any atom is 0.316 e. The number of urea groups is 1. The van der Waals surface area contributed by atoms with Gasteiger partial charge in [0.05, 0.1) is 6.04 Å². The van der Waals surface area contributed by atoms with Gasteiger partial charge >= 0.3 is 6.03 Å². The smallest absolute Gasteiger partial charge is 0.316 e. The number of carbonyl (C=O) groups is 6. The Morgan fingerprint density at radius 1 is 0.820 bits per heavy atom. The van der Waals surface area contributed by atoms with Crippen molar-refractivity contribution < 1.29 is 28.8 Å². The maximum absolute atomic E-state index is 14.8.